The summed E-state index contributed by atoms with van der Waals surface area (Å²) in [7, 11) is 0. The monoisotopic (exact) mass is 576 g/mol. The average Bonchev–Trinajstić information content (AvgIpc) is 3.48. The highest BCUT2D eigenvalue weighted by atomic mass is 79.9. The number of ether oxygens (including phenoxy) is 2. The molecule has 4 rings (SSSR count). The number of likely N-dealkylation sites (tertiary alicyclic amines) is 1. The molecule has 3 saturated heterocycles. The van der Waals surface area contributed by atoms with E-state index >= 15 is 0 Å². The van der Waals surface area contributed by atoms with E-state index in [1.54, 1.807) is 17.9 Å². The molecule has 1 unspecified atom stereocenters. The van der Waals surface area contributed by atoms with Crippen LogP contribution in [0.5, 0.6) is 0 Å². The van der Waals surface area contributed by atoms with E-state index in [1.807, 2.05) is 30.3 Å². The number of esters is 1. The maximum Gasteiger partial charge on any atom is 0.312 e. The molecule has 2 bridgehead atoms. The molecule has 0 saturated carbocycles. The zero-order valence-corrected chi connectivity index (χ0v) is 23.1. The van der Waals surface area contributed by atoms with E-state index in [0.29, 0.717) is 25.1 Å². The molecule has 0 aromatic heterocycles. The van der Waals surface area contributed by atoms with Gasteiger partial charge in [-0.1, -0.05) is 72.1 Å². The van der Waals surface area contributed by atoms with Gasteiger partial charge in [0.25, 0.3) is 0 Å². The van der Waals surface area contributed by atoms with Gasteiger partial charge in [0.05, 0.1) is 37.2 Å². The molecule has 8 nitrogen and oxygen atoms in total. The van der Waals surface area contributed by atoms with Crippen LogP contribution in [0.15, 0.2) is 43.0 Å². The van der Waals surface area contributed by atoms with Crippen molar-refractivity contribution in [3.05, 3.63) is 48.6 Å². The van der Waals surface area contributed by atoms with E-state index in [4.69, 9.17) is 9.47 Å². The average molecular weight is 578 g/mol. The van der Waals surface area contributed by atoms with Gasteiger partial charge in [0.1, 0.15) is 11.6 Å². The number of carbonyl (C=O) groups is 3. The molecular weight excluding hydrogens is 540 g/mol. The standard InChI is InChI=1S/C28H37BrN2O6/c1-4-7-11-15-30(14-5-2)26(34)24-28-16-19(29)23(37-28)21(27(35)36-6-3)22(28)25(33)31(24)20(17-32)18-12-9-8-10-13-18/h5,8-10,12-13,19-24,32H,2,4,6-7,11,14-17H2,1,3H3/t19?,20-,21-,22+,23-,24-,28+/m1/s1. The number of aliphatic hydroxyl groups excluding tert-OH is 1. The van der Waals surface area contributed by atoms with Gasteiger partial charge in [0.2, 0.25) is 11.8 Å². The number of hydrogen-bond donors (Lipinski definition) is 1. The maximum atomic E-state index is 14.4. The van der Waals surface area contributed by atoms with Gasteiger partial charge in [-0.2, -0.15) is 0 Å². The molecule has 3 aliphatic rings. The quantitative estimate of drug-likeness (QED) is 0.177. The molecule has 1 N–H and O–H groups in total. The zero-order chi connectivity index (χ0) is 26.7. The zero-order valence-electron chi connectivity index (χ0n) is 21.6. The van der Waals surface area contributed by atoms with Crippen molar-refractivity contribution in [1.29, 1.82) is 0 Å². The Morgan fingerprint density at radius 1 is 1.32 bits per heavy atom. The Morgan fingerprint density at radius 2 is 2.05 bits per heavy atom. The predicted molar refractivity (Wildman–Crippen MR) is 142 cm³/mol. The molecule has 7 atom stereocenters. The Labute approximate surface area is 227 Å². The van der Waals surface area contributed by atoms with E-state index < -0.39 is 41.6 Å². The van der Waals surface area contributed by atoms with Crippen molar-refractivity contribution in [3.8, 4) is 0 Å². The molecule has 202 valence electrons. The van der Waals surface area contributed by atoms with E-state index in [1.165, 1.54) is 4.90 Å². The van der Waals surface area contributed by atoms with Crippen LogP contribution in [0.25, 0.3) is 0 Å². The summed E-state index contributed by atoms with van der Waals surface area (Å²) in [5.74, 6) is -2.78. The molecule has 1 aromatic carbocycles. The van der Waals surface area contributed by atoms with Gasteiger partial charge >= 0.3 is 5.97 Å². The Hall–Kier alpha value is -2.23. The van der Waals surface area contributed by atoms with Crippen LogP contribution in [0.4, 0.5) is 0 Å². The number of benzene rings is 1. The first-order chi connectivity index (χ1) is 17.9. The third-order valence-electron chi connectivity index (χ3n) is 7.91. The molecule has 1 spiro atoms. The van der Waals surface area contributed by atoms with Gasteiger partial charge in [0.15, 0.2) is 0 Å². The third-order valence-corrected chi connectivity index (χ3v) is 8.75. The van der Waals surface area contributed by atoms with Crippen molar-refractivity contribution in [2.45, 2.75) is 68.1 Å². The second-order valence-corrected chi connectivity index (χ2v) is 11.2. The largest absolute Gasteiger partial charge is 0.466 e. The van der Waals surface area contributed by atoms with Gasteiger partial charge in [-0.25, -0.2) is 0 Å². The van der Waals surface area contributed by atoms with Crippen LogP contribution in [0, 0.1) is 11.8 Å². The van der Waals surface area contributed by atoms with Crippen molar-refractivity contribution < 1.29 is 29.0 Å². The molecule has 0 radical (unpaired) electrons. The number of halogens is 1. The van der Waals surface area contributed by atoms with Crippen LogP contribution in [-0.4, -0.2) is 81.6 Å². The van der Waals surface area contributed by atoms with Crippen molar-refractivity contribution in [3.63, 3.8) is 0 Å². The second kappa shape index (κ2) is 11.7. The van der Waals surface area contributed by atoms with E-state index in [9.17, 15) is 19.5 Å². The van der Waals surface area contributed by atoms with Crippen molar-refractivity contribution >= 4 is 33.7 Å². The number of aliphatic hydroxyl groups is 1. The minimum Gasteiger partial charge on any atom is -0.466 e. The predicted octanol–water partition coefficient (Wildman–Crippen LogP) is 3.24. The summed E-state index contributed by atoms with van der Waals surface area (Å²) in [4.78, 5) is 44.7. The van der Waals surface area contributed by atoms with Crippen LogP contribution < -0.4 is 0 Å². The third kappa shape index (κ3) is 4.74. The molecule has 1 aromatic rings. The minimum absolute atomic E-state index is 0.183. The fraction of sp³-hybridized carbons (Fsp3) is 0.607. The lowest BCUT2D eigenvalue weighted by Crippen LogP contribution is -2.57. The summed E-state index contributed by atoms with van der Waals surface area (Å²) in [6.07, 6.45) is 4.32. The van der Waals surface area contributed by atoms with Crippen LogP contribution in [-0.2, 0) is 23.9 Å². The summed E-state index contributed by atoms with van der Waals surface area (Å²) < 4.78 is 11.9. The fourth-order valence-electron chi connectivity index (χ4n) is 6.39. The van der Waals surface area contributed by atoms with Crippen LogP contribution in [0.3, 0.4) is 0 Å². The normalized spacial score (nSPS) is 30.8. The van der Waals surface area contributed by atoms with Gasteiger partial charge in [0, 0.05) is 17.9 Å². The molecule has 2 amide bonds. The number of fused-ring (bicyclic) bond motifs is 1. The SMILES string of the molecule is C=CCN(CCCCC)C(=O)[C@H]1N([C@H](CO)c2ccccc2)C(=O)[C@@H]2[C@@H](C(=O)OCC)[C@@H]3O[C@@]21CC3Br. The molecule has 3 heterocycles. The highest BCUT2D eigenvalue weighted by Gasteiger charge is 2.77. The maximum absolute atomic E-state index is 14.4. The first-order valence-electron chi connectivity index (χ1n) is 13.2. The number of unbranched alkanes of at least 4 members (excludes halogenated alkanes) is 2. The lowest BCUT2D eigenvalue weighted by molar-refractivity contribution is -0.156. The number of alkyl halides is 1. The van der Waals surface area contributed by atoms with E-state index in [-0.39, 0.29) is 29.9 Å². The van der Waals surface area contributed by atoms with E-state index in [2.05, 4.69) is 29.4 Å². The lowest BCUT2D eigenvalue weighted by Gasteiger charge is -2.39. The Bertz CT molecular complexity index is 1010. The first-order valence-corrected chi connectivity index (χ1v) is 14.1. The molecular formula is C28H37BrN2O6. The smallest absolute Gasteiger partial charge is 0.312 e. The molecule has 37 heavy (non-hydrogen) atoms. The number of rotatable bonds is 12. The van der Waals surface area contributed by atoms with Gasteiger partial charge in [-0.15, -0.1) is 6.58 Å². The van der Waals surface area contributed by atoms with Gasteiger partial charge in [-0.05, 0) is 25.3 Å². The summed E-state index contributed by atoms with van der Waals surface area (Å²) >= 11 is 3.67. The Kier molecular flexibility index (Phi) is 8.76. The number of carbonyl (C=O) groups excluding carboxylic acids is 3. The Balaban J connectivity index is 1.82. The van der Waals surface area contributed by atoms with Crippen molar-refractivity contribution in [2.24, 2.45) is 11.8 Å². The Morgan fingerprint density at radius 3 is 2.68 bits per heavy atom. The number of nitrogens with zero attached hydrogens (tertiary/aromatic N) is 2. The van der Waals surface area contributed by atoms with Gasteiger partial charge in [-0.3, -0.25) is 14.4 Å². The molecule has 9 heteroatoms. The van der Waals surface area contributed by atoms with Crippen LogP contribution in [0.2, 0.25) is 0 Å². The molecule has 0 aliphatic carbocycles. The lowest BCUT2D eigenvalue weighted by atomic mass is 9.70. The van der Waals surface area contributed by atoms with Crippen molar-refractivity contribution in [1.82, 2.24) is 9.80 Å². The fourth-order valence-corrected chi connectivity index (χ4v) is 7.34. The number of hydrogen-bond acceptors (Lipinski definition) is 6. The van der Waals surface area contributed by atoms with Crippen LogP contribution in [0.1, 0.15) is 51.1 Å². The highest BCUT2D eigenvalue weighted by molar-refractivity contribution is 9.09. The summed E-state index contributed by atoms with van der Waals surface area (Å²) in [6, 6.07) is 7.44. The summed E-state index contributed by atoms with van der Waals surface area (Å²) in [5, 5.41) is 10.5. The minimum atomic E-state index is -1.20. The molecule has 3 fully saturated rings. The topological polar surface area (TPSA) is 96.4 Å². The first kappa shape index (κ1) is 27.8. The number of amides is 2. The van der Waals surface area contributed by atoms with Gasteiger partial charge < -0.3 is 24.4 Å². The summed E-state index contributed by atoms with van der Waals surface area (Å²) in [6.45, 7) is 8.33. The molecule has 3 aliphatic heterocycles. The summed E-state index contributed by atoms with van der Waals surface area (Å²) in [5.41, 5.74) is -0.483. The van der Waals surface area contributed by atoms with Crippen LogP contribution >= 0.6 is 15.9 Å². The highest BCUT2D eigenvalue weighted by Crippen LogP contribution is 2.61. The van der Waals surface area contributed by atoms with Crippen molar-refractivity contribution in [2.75, 3.05) is 26.3 Å². The second-order valence-electron chi connectivity index (χ2n) is 10.1. The van der Waals surface area contributed by atoms with E-state index in [0.717, 1.165) is 19.3 Å².